The maximum atomic E-state index is 12.3. The number of ether oxygens (including phenoxy) is 1. The Morgan fingerprint density at radius 1 is 1.26 bits per heavy atom. The standard InChI is InChI=1S/C18H19N3O2/c19-10-11-23-17-9-5-4-6-14(17)12-15(13-20)18(22)21-16-7-2-1-3-8-16/h4-6,9,12,16H,1-3,7-8,11H2,(H,21,22)/b15-12+. The number of carbonyl (C=O) groups excluding carboxylic acids is 1. The molecular formula is C18H19N3O2. The number of nitrogens with zero attached hydrogens (tertiary/aromatic N) is 2. The Bertz CT molecular complexity index is 662. The first kappa shape index (κ1) is 16.6. The van der Waals surface area contributed by atoms with Gasteiger partial charge in [0.2, 0.25) is 0 Å². The molecule has 0 spiro atoms. The summed E-state index contributed by atoms with van der Waals surface area (Å²) in [6.45, 7) is -0.0823. The number of rotatable bonds is 5. The lowest BCUT2D eigenvalue weighted by atomic mass is 9.95. The van der Waals surface area contributed by atoms with Crippen LogP contribution in [-0.4, -0.2) is 18.6 Å². The van der Waals surface area contributed by atoms with E-state index in [2.05, 4.69) is 5.32 Å². The Balaban J connectivity index is 2.13. The fourth-order valence-corrected chi connectivity index (χ4v) is 2.66. The summed E-state index contributed by atoms with van der Waals surface area (Å²) in [6, 6.07) is 11.0. The van der Waals surface area contributed by atoms with Crippen molar-refractivity contribution in [3.05, 3.63) is 35.4 Å². The van der Waals surface area contributed by atoms with Crippen LogP contribution in [-0.2, 0) is 4.79 Å². The minimum absolute atomic E-state index is 0.0450. The zero-order chi connectivity index (χ0) is 16.5. The third-order valence-electron chi connectivity index (χ3n) is 3.82. The van der Waals surface area contributed by atoms with Crippen LogP contribution in [0.2, 0.25) is 0 Å². The lowest BCUT2D eigenvalue weighted by molar-refractivity contribution is -0.117. The topological polar surface area (TPSA) is 85.9 Å². The number of hydrogen-bond acceptors (Lipinski definition) is 4. The molecule has 0 aliphatic heterocycles. The Labute approximate surface area is 136 Å². The predicted molar refractivity (Wildman–Crippen MR) is 86.2 cm³/mol. The lowest BCUT2D eigenvalue weighted by Gasteiger charge is -2.22. The maximum Gasteiger partial charge on any atom is 0.262 e. The number of benzene rings is 1. The molecule has 1 fully saturated rings. The zero-order valence-electron chi connectivity index (χ0n) is 12.9. The molecule has 1 aromatic rings. The van der Waals surface area contributed by atoms with E-state index >= 15 is 0 Å². The zero-order valence-corrected chi connectivity index (χ0v) is 12.9. The van der Waals surface area contributed by atoms with Gasteiger partial charge in [-0.25, -0.2) is 0 Å². The van der Waals surface area contributed by atoms with Crippen LogP contribution in [0.25, 0.3) is 6.08 Å². The summed E-state index contributed by atoms with van der Waals surface area (Å²) in [5, 5.41) is 20.8. The van der Waals surface area contributed by atoms with Crippen LogP contribution in [0.1, 0.15) is 37.7 Å². The number of nitriles is 2. The lowest BCUT2D eigenvalue weighted by Crippen LogP contribution is -2.36. The maximum absolute atomic E-state index is 12.3. The third-order valence-corrected chi connectivity index (χ3v) is 3.82. The summed E-state index contributed by atoms with van der Waals surface area (Å²) < 4.78 is 5.31. The SMILES string of the molecule is N#CCOc1ccccc1/C=C(\C#N)C(=O)NC1CCCCC1. The molecule has 0 bridgehead atoms. The minimum Gasteiger partial charge on any atom is -0.478 e. The molecule has 0 atom stereocenters. The van der Waals surface area contributed by atoms with Gasteiger partial charge in [0.05, 0.1) is 0 Å². The van der Waals surface area contributed by atoms with Gasteiger partial charge in [-0.3, -0.25) is 4.79 Å². The van der Waals surface area contributed by atoms with Crippen LogP contribution in [0.4, 0.5) is 0 Å². The van der Waals surface area contributed by atoms with Crippen molar-refractivity contribution in [1.82, 2.24) is 5.32 Å². The molecule has 5 nitrogen and oxygen atoms in total. The van der Waals surface area contributed by atoms with E-state index in [9.17, 15) is 10.1 Å². The average Bonchev–Trinajstić information content (AvgIpc) is 2.59. The summed E-state index contributed by atoms with van der Waals surface area (Å²) in [4.78, 5) is 12.3. The van der Waals surface area contributed by atoms with E-state index in [1.807, 2.05) is 12.1 Å². The Kier molecular flexibility index (Phi) is 6.20. The molecule has 0 radical (unpaired) electrons. The summed E-state index contributed by atoms with van der Waals surface area (Å²) >= 11 is 0. The van der Waals surface area contributed by atoms with E-state index in [0.29, 0.717) is 11.3 Å². The van der Waals surface area contributed by atoms with Crippen molar-refractivity contribution in [1.29, 1.82) is 10.5 Å². The molecule has 0 heterocycles. The highest BCUT2D eigenvalue weighted by molar-refractivity contribution is 6.02. The molecule has 1 amide bonds. The summed E-state index contributed by atoms with van der Waals surface area (Å²) in [5.41, 5.74) is 0.654. The number of para-hydroxylation sites is 1. The van der Waals surface area contributed by atoms with Gasteiger partial charge < -0.3 is 10.1 Å². The van der Waals surface area contributed by atoms with Gasteiger partial charge in [0.25, 0.3) is 5.91 Å². The van der Waals surface area contributed by atoms with Crippen LogP contribution in [0.5, 0.6) is 5.75 Å². The molecule has 0 aromatic heterocycles. The second-order valence-electron chi connectivity index (χ2n) is 5.46. The number of hydrogen-bond donors (Lipinski definition) is 1. The van der Waals surface area contributed by atoms with E-state index in [4.69, 9.17) is 10.00 Å². The van der Waals surface area contributed by atoms with Gasteiger partial charge in [0, 0.05) is 11.6 Å². The Morgan fingerprint density at radius 3 is 2.70 bits per heavy atom. The van der Waals surface area contributed by atoms with Crippen LogP contribution >= 0.6 is 0 Å². The van der Waals surface area contributed by atoms with E-state index in [1.165, 1.54) is 12.5 Å². The second-order valence-corrected chi connectivity index (χ2v) is 5.46. The first-order valence-corrected chi connectivity index (χ1v) is 7.76. The first-order valence-electron chi connectivity index (χ1n) is 7.76. The van der Waals surface area contributed by atoms with Crippen LogP contribution in [0.3, 0.4) is 0 Å². The summed E-state index contributed by atoms with van der Waals surface area (Å²) in [7, 11) is 0. The van der Waals surface area contributed by atoms with Crippen LogP contribution in [0.15, 0.2) is 29.8 Å². The van der Waals surface area contributed by atoms with Crippen molar-refractivity contribution in [3.8, 4) is 17.9 Å². The van der Waals surface area contributed by atoms with Crippen molar-refractivity contribution >= 4 is 12.0 Å². The van der Waals surface area contributed by atoms with Crippen molar-refractivity contribution < 1.29 is 9.53 Å². The molecule has 23 heavy (non-hydrogen) atoms. The normalized spacial score (nSPS) is 15.3. The number of amides is 1. The highest BCUT2D eigenvalue weighted by Crippen LogP contribution is 2.22. The molecule has 2 rings (SSSR count). The number of nitrogens with one attached hydrogen (secondary N) is 1. The fraction of sp³-hybridized carbons (Fsp3) is 0.389. The van der Waals surface area contributed by atoms with Crippen molar-refractivity contribution in [2.45, 2.75) is 38.1 Å². The Morgan fingerprint density at radius 2 is 2.00 bits per heavy atom. The molecule has 0 saturated heterocycles. The monoisotopic (exact) mass is 309 g/mol. The molecule has 118 valence electrons. The largest absolute Gasteiger partial charge is 0.478 e. The van der Waals surface area contributed by atoms with E-state index in [1.54, 1.807) is 24.3 Å². The molecule has 1 N–H and O–H groups in total. The Hall–Kier alpha value is -2.79. The quantitative estimate of drug-likeness (QED) is 0.669. The van der Waals surface area contributed by atoms with Gasteiger partial charge in [0.15, 0.2) is 6.61 Å². The molecule has 1 saturated carbocycles. The molecule has 1 aliphatic rings. The van der Waals surface area contributed by atoms with Gasteiger partial charge in [-0.1, -0.05) is 37.5 Å². The van der Waals surface area contributed by atoms with Crippen molar-refractivity contribution in [2.75, 3.05) is 6.61 Å². The van der Waals surface area contributed by atoms with Gasteiger partial charge in [-0.05, 0) is 25.0 Å². The van der Waals surface area contributed by atoms with Crippen molar-refractivity contribution in [3.63, 3.8) is 0 Å². The molecule has 1 aromatic carbocycles. The third kappa shape index (κ3) is 4.86. The van der Waals surface area contributed by atoms with E-state index in [-0.39, 0.29) is 24.1 Å². The second kappa shape index (κ2) is 8.60. The molecule has 0 unspecified atom stereocenters. The summed E-state index contributed by atoms with van der Waals surface area (Å²) in [6.07, 6.45) is 6.86. The van der Waals surface area contributed by atoms with E-state index in [0.717, 1.165) is 25.7 Å². The first-order chi connectivity index (χ1) is 11.2. The van der Waals surface area contributed by atoms with Crippen LogP contribution in [0, 0.1) is 22.7 Å². The van der Waals surface area contributed by atoms with E-state index < -0.39 is 0 Å². The molecular weight excluding hydrogens is 290 g/mol. The average molecular weight is 309 g/mol. The summed E-state index contributed by atoms with van der Waals surface area (Å²) in [5.74, 6) is 0.127. The highest BCUT2D eigenvalue weighted by Gasteiger charge is 2.18. The molecule has 1 aliphatic carbocycles. The minimum atomic E-state index is -0.352. The van der Waals surface area contributed by atoms with Gasteiger partial charge >= 0.3 is 0 Å². The number of carbonyl (C=O) groups is 1. The van der Waals surface area contributed by atoms with Gasteiger partial charge in [-0.2, -0.15) is 10.5 Å². The predicted octanol–water partition coefficient (Wildman–Crippen LogP) is 2.94. The van der Waals surface area contributed by atoms with Crippen LogP contribution < -0.4 is 10.1 Å². The highest BCUT2D eigenvalue weighted by atomic mass is 16.5. The smallest absolute Gasteiger partial charge is 0.262 e. The fourth-order valence-electron chi connectivity index (χ4n) is 2.66. The van der Waals surface area contributed by atoms with Crippen molar-refractivity contribution in [2.24, 2.45) is 0 Å². The van der Waals surface area contributed by atoms with Gasteiger partial charge in [0.1, 0.15) is 23.5 Å². The molecule has 5 heteroatoms. The van der Waals surface area contributed by atoms with Gasteiger partial charge in [-0.15, -0.1) is 0 Å².